The van der Waals surface area contributed by atoms with E-state index < -0.39 is 0 Å². The molecule has 0 unspecified atom stereocenters. The standard InChI is InChI=1S/C5H6N2/c1-5-3-2-4-6-7-5/h2-4H,1H3. The molecule has 0 spiro atoms. The lowest BCUT2D eigenvalue weighted by atomic mass is 10.4. The zero-order valence-corrected chi connectivity index (χ0v) is 4.13. The molecule has 7 heavy (non-hydrogen) atoms. The van der Waals surface area contributed by atoms with E-state index >= 15 is 0 Å². The largest absolute Gasteiger partial charge is 0.159 e. The van der Waals surface area contributed by atoms with Crippen molar-refractivity contribution in [2.75, 3.05) is 0 Å². The van der Waals surface area contributed by atoms with Crippen LogP contribution < -0.4 is 0 Å². The van der Waals surface area contributed by atoms with Gasteiger partial charge in [-0.05, 0) is 19.1 Å². The SMILES string of the molecule is Cc1cccnn1. The van der Waals surface area contributed by atoms with Crippen LogP contribution in [0.1, 0.15) is 5.69 Å². The third-order valence-electron chi connectivity index (χ3n) is 0.706. The van der Waals surface area contributed by atoms with Gasteiger partial charge in [0.05, 0.1) is 5.69 Å². The van der Waals surface area contributed by atoms with E-state index in [-0.39, 0.29) is 0 Å². The van der Waals surface area contributed by atoms with Crippen molar-refractivity contribution in [1.82, 2.24) is 10.2 Å². The van der Waals surface area contributed by atoms with Crippen molar-refractivity contribution in [1.29, 1.82) is 0 Å². The van der Waals surface area contributed by atoms with Crippen molar-refractivity contribution < 1.29 is 0 Å². The molecule has 1 rings (SSSR count). The van der Waals surface area contributed by atoms with Crippen molar-refractivity contribution in [2.45, 2.75) is 6.92 Å². The van der Waals surface area contributed by atoms with Crippen LogP contribution in [0.4, 0.5) is 0 Å². The zero-order chi connectivity index (χ0) is 5.11. The zero-order valence-electron chi connectivity index (χ0n) is 4.13. The normalized spacial score (nSPS) is 8.71. The molecule has 0 aromatic carbocycles. The van der Waals surface area contributed by atoms with Crippen LogP contribution in [0.5, 0.6) is 0 Å². The molecule has 0 fully saturated rings. The molecule has 36 valence electrons. The minimum atomic E-state index is 0.961. The molecule has 0 saturated heterocycles. The van der Waals surface area contributed by atoms with Crippen LogP contribution in [0.3, 0.4) is 0 Å². The fourth-order valence-electron chi connectivity index (χ4n) is 0.379. The highest BCUT2D eigenvalue weighted by Gasteiger charge is 1.74. The maximum atomic E-state index is 3.73. The lowest BCUT2D eigenvalue weighted by molar-refractivity contribution is 0.980. The van der Waals surface area contributed by atoms with Gasteiger partial charge in [0.15, 0.2) is 0 Å². The Morgan fingerprint density at radius 3 is 2.71 bits per heavy atom. The maximum Gasteiger partial charge on any atom is 0.0600 e. The van der Waals surface area contributed by atoms with E-state index in [1.807, 2.05) is 19.1 Å². The van der Waals surface area contributed by atoms with Crippen molar-refractivity contribution in [2.24, 2.45) is 0 Å². The molecule has 2 heteroatoms. The van der Waals surface area contributed by atoms with Gasteiger partial charge in [-0.1, -0.05) is 0 Å². The number of aromatic nitrogens is 2. The molecular formula is C5H6N2. The van der Waals surface area contributed by atoms with E-state index in [1.165, 1.54) is 0 Å². The summed E-state index contributed by atoms with van der Waals surface area (Å²) in [5.41, 5.74) is 0.961. The molecule has 0 amide bonds. The second-order valence-electron chi connectivity index (χ2n) is 1.37. The van der Waals surface area contributed by atoms with E-state index in [4.69, 9.17) is 0 Å². The minimum Gasteiger partial charge on any atom is -0.159 e. The highest BCUT2D eigenvalue weighted by molar-refractivity contribution is 4.94. The molecule has 1 aromatic rings. The minimum absolute atomic E-state index is 0.961. The molecule has 0 aliphatic rings. The lowest BCUT2D eigenvalue weighted by Gasteiger charge is -1.80. The first-order valence-corrected chi connectivity index (χ1v) is 2.14. The monoisotopic (exact) mass is 94.1 g/mol. The number of nitrogens with zero attached hydrogens (tertiary/aromatic N) is 2. The summed E-state index contributed by atoms with van der Waals surface area (Å²) in [4.78, 5) is 0. The van der Waals surface area contributed by atoms with Gasteiger partial charge in [-0.2, -0.15) is 10.2 Å². The summed E-state index contributed by atoms with van der Waals surface area (Å²) in [6.07, 6.45) is 1.66. The predicted molar refractivity (Wildman–Crippen MR) is 26.8 cm³/mol. The molecule has 0 N–H and O–H groups in total. The third-order valence-corrected chi connectivity index (χ3v) is 0.706. The fraction of sp³-hybridized carbons (Fsp3) is 0.200. The first-order valence-electron chi connectivity index (χ1n) is 2.14. The van der Waals surface area contributed by atoms with E-state index in [0.29, 0.717) is 0 Å². The van der Waals surface area contributed by atoms with Crippen LogP contribution in [0.25, 0.3) is 0 Å². The third kappa shape index (κ3) is 0.961. The van der Waals surface area contributed by atoms with Crippen LogP contribution in [0, 0.1) is 6.92 Å². The summed E-state index contributed by atoms with van der Waals surface area (Å²) in [5.74, 6) is 0. The van der Waals surface area contributed by atoms with Crippen LogP contribution in [-0.4, -0.2) is 10.2 Å². The van der Waals surface area contributed by atoms with Gasteiger partial charge in [0.1, 0.15) is 0 Å². The summed E-state index contributed by atoms with van der Waals surface area (Å²) < 4.78 is 0. The number of aryl methyl sites for hydroxylation is 1. The molecule has 1 aromatic heterocycles. The summed E-state index contributed by atoms with van der Waals surface area (Å²) in [6, 6.07) is 3.77. The van der Waals surface area contributed by atoms with Gasteiger partial charge >= 0.3 is 0 Å². The second-order valence-corrected chi connectivity index (χ2v) is 1.37. The Hall–Kier alpha value is -0.920. The van der Waals surface area contributed by atoms with Crippen LogP contribution in [0.2, 0.25) is 0 Å². The van der Waals surface area contributed by atoms with Crippen molar-refractivity contribution in [3.8, 4) is 0 Å². The van der Waals surface area contributed by atoms with Crippen molar-refractivity contribution in [3.05, 3.63) is 24.0 Å². The number of hydrogen-bond acceptors (Lipinski definition) is 2. The van der Waals surface area contributed by atoms with Gasteiger partial charge in [-0.3, -0.25) is 0 Å². The van der Waals surface area contributed by atoms with Gasteiger partial charge in [0.2, 0.25) is 0 Å². The topological polar surface area (TPSA) is 25.8 Å². The van der Waals surface area contributed by atoms with Gasteiger partial charge < -0.3 is 0 Å². The average molecular weight is 94.1 g/mol. The molecular weight excluding hydrogens is 88.1 g/mol. The molecule has 0 radical (unpaired) electrons. The smallest absolute Gasteiger partial charge is 0.0600 e. The summed E-state index contributed by atoms with van der Waals surface area (Å²) in [6.45, 7) is 1.91. The average Bonchev–Trinajstić information content (AvgIpc) is 1.69. The highest BCUT2D eigenvalue weighted by Crippen LogP contribution is 1.82. The Kier molecular flexibility index (Phi) is 1.02. The molecule has 2 nitrogen and oxygen atoms in total. The first-order chi connectivity index (χ1) is 3.39. The van der Waals surface area contributed by atoms with E-state index in [9.17, 15) is 0 Å². The second kappa shape index (κ2) is 1.69. The van der Waals surface area contributed by atoms with Crippen molar-refractivity contribution in [3.63, 3.8) is 0 Å². The lowest BCUT2D eigenvalue weighted by Crippen LogP contribution is -1.79. The molecule has 0 aliphatic carbocycles. The summed E-state index contributed by atoms with van der Waals surface area (Å²) >= 11 is 0. The van der Waals surface area contributed by atoms with E-state index in [0.717, 1.165) is 5.69 Å². The molecule has 1 heterocycles. The Labute approximate surface area is 42.2 Å². The van der Waals surface area contributed by atoms with Crippen LogP contribution in [0.15, 0.2) is 18.3 Å². The number of rotatable bonds is 0. The number of hydrogen-bond donors (Lipinski definition) is 0. The van der Waals surface area contributed by atoms with Gasteiger partial charge in [-0.25, -0.2) is 0 Å². The molecule has 0 atom stereocenters. The maximum absolute atomic E-state index is 3.73. The van der Waals surface area contributed by atoms with Crippen molar-refractivity contribution >= 4 is 0 Å². The van der Waals surface area contributed by atoms with Gasteiger partial charge in [0.25, 0.3) is 0 Å². The molecule has 0 bridgehead atoms. The fourth-order valence-corrected chi connectivity index (χ4v) is 0.379. The Morgan fingerprint density at radius 2 is 2.43 bits per heavy atom. The van der Waals surface area contributed by atoms with Crippen LogP contribution >= 0.6 is 0 Å². The quantitative estimate of drug-likeness (QED) is 0.475. The molecule has 0 saturated carbocycles. The summed E-state index contributed by atoms with van der Waals surface area (Å²) in [7, 11) is 0. The predicted octanol–water partition coefficient (Wildman–Crippen LogP) is 0.785. The van der Waals surface area contributed by atoms with Gasteiger partial charge in [0, 0.05) is 6.20 Å². The van der Waals surface area contributed by atoms with Crippen LogP contribution in [-0.2, 0) is 0 Å². The van der Waals surface area contributed by atoms with E-state index in [2.05, 4.69) is 10.2 Å². The highest BCUT2D eigenvalue weighted by atomic mass is 15.1. The van der Waals surface area contributed by atoms with E-state index in [1.54, 1.807) is 6.20 Å². The van der Waals surface area contributed by atoms with Gasteiger partial charge in [-0.15, -0.1) is 0 Å². The molecule has 0 aliphatic heterocycles. The first kappa shape index (κ1) is 4.24. The Bertz CT molecular complexity index is 136. The summed E-state index contributed by atoms with van der Waals surface area (Å²) in [5, 5.41) is 7.36. The Balaban J connectivity index is 3.02. The Morgan fingerprint density at radius 1 is 1.57 bits per heavy atom.